The summed E-state index contributed by atoms with van der Waals surface area (Å²) in [7, 11) is 0. The molecule has 3 heteroatoms. The number of ether oxygens (including phenoxy) is 2. The van der Waals surface area contributed by atoms with Gasteiger partial charge in [0.15, 0.2) is 0 Å². The predicted molar refractivity (Wildman–Crippen MR) is 131 cm³/mol. The highest BCUT2D eigenvalue weighted by atomic mass is 16.6. The van der Waals surface area contributed by atoms with Crippen molar-refractivity contribution < 1.29 is 14.3 Å². The van der Waals surface area contributed by atoms with Gasteiger partial charge in [-0.3, -0.25) is 4.79 Å². The first kappa shape index (κ1) is 22.4. The van der Waals surface area contributed by atoms with E-state index in [9.17, 15) is 4.79 Å². The standard InChI is InChI=1S/C30H44O3/c1-26(2)23-9-8-21-20(28(23,5)13-12-24(26)31)11-15-29(6)19(10-14-30(21,29)7)18-16-22(32-17-18)25-27(3,4)33-25/h8,17,19-20,22-23,25H,9-16H2,1-7H3/t19-,20-,22+,23-,25-,28+,29-,30+/m0/s1. The Kier molecular flexibility index (Phi) is 4.45. The van der Waals surface area contributed by atoms with E-state index in [1.165, 1.54) is 25.7 Å². The second kappa shape index (κ2) is 6.56. The Balaban J connectivity index is 1.29. The van der Waals surface area contributed by atoms with Crippen LogP contribution < -0.4 is 0 Å². The summed E-state index contributed by atoms with van der Waals surface area (Å²) in [4.78, 5) is 12.8. The Morgan fingerprint density at radius 3 is 2.33 bits per heavy atom. The summed E-state index contributed by atoms with van der Waals surface area (Å²) >= 11 is 0. The highest BCUT2D eigenvalue weighted by Crippen LogP contribution is 2.73. The van der Waals surface area contributed by atoms with Crippen molar-refractivity contribution in [3.63, 3.8) is 0 Å². The van der Waals surface area contributed by atoms with E-state index in [1.807, 2.05) is 0 Å². The van der Waals surface area contributed by atoms with Crippen molar-refractivity contribution in [2.24, 2.45) is 39.4 Å². The zero-order chi connectivity index (χ0) is 23.6. The molecule has 2 heterocycles. The van der Waals surface area contributed by atoms with Gasteiger partial charge in [0.25, 0.3) is 0 Å². The van der Waals surface area contributed by atoms with Crippen LogP contribution in [-0.2, 0) is 14.3 Å². The smallest absolute Gasteiger partial charge is 0.138 e. The molecule has 33 heavy (non-hydrogen) atoms. The zero-order valence-electron chi connectivity index (χ0n) is 21.9. The van der Waals surface area contributed by atoms with Gasteiger partial charge in [0.2, 0.25) is 0 Å². The second-order valence-corrected chi connectivity index (χ2v) is 14.2. The first-order valence-corrected chi connectivity index (χ1v) is 13.6. The summed E-state index contributed by atoms with van der Waals surface area (Å²) in [6.07, 6.45) is 14.3. The number of carbonyl (C=O) groups excluding carboxylic acids is 1. The summed E-state index contributed by atoms with van der Waals surface area (Å²) < 4.78 is 12.1. The van der Waals surface area contributed by atoms with Crippen LogP contribution in [0.1, 0.15) is 99.8 Å². The van der Waals surface area contributed by atoms with Gasteiger partial charge < -0.3 is 9.47 Å². The van der Waals surface area contributed by atoms with Crippen LogP contribution >= 0.6 is 0 Å². The number of hydrogen-bond donors (Lipinski definition) is 0. The molecule has 0 amide bonds. The minimum atomic E-state index is -0.186. The lowest BCUT2D eigenvalue weighted by Crippen LogP contribution is -2.57. The maximum absolute atomic E-state index is 12.8. The molecule has 0 aromatic carbocycles. The van der Waals surface area contributed by atoms with Crippen molar-refractivity contribution in [2.75, 3.05) is 0 Å². The predicted octanol–water partition coefficient (Wildman–Crippen LogP) is 7.01. The van der Waals surface area contributed by atoms with Gasteiger partial charge in [0, 0.05) is 18.3 Å². The number of rotatable bonds is 2. The van der Waals surface area contributed by atoms with Crippen molar-refractivity contribution in [3.8, 4) is 0 Å². The molecule has 8 atom stereocenters. The van der Waals surface area contributed by atoms with E-state index in [0.717, 1.165) is 25.7 Å². The van der Waals surface area contributed by atoms with Gasteiger partial charge in [-0.05, 0) is 91.9 Å². The van der Waals surface area contributed by atoms with E-state index in [4.69, 9.17) is 9.47 Å². The van der Waals surface area contributed by atoms with Crippen LogP contribution in [0.4, 0.5) is 0 Å². The third-order valence-electron chi connectivity index (χ3n) is 12.2. The van der Waals surface area contributed by atoms with Crippen LogP contribution in [0.2, 0.25) is 0 Å². The van der Waals surface area contributed by atoms with Crippen molar-refractivity contribution in [2.45, 2.75) is 118 Å². The third-order valence-corrected chi connectivity index (χ3v) is 12.2. The Hall–Kier alpha value is -1.09. The lowest BCUT2D eigenvalue weighted by atomic mass is 9.41. The first-order chi connectivity index (χ1) is 15.3. The summed E-state index contributed by atoms with van der Waals surface area (Å²) in [5.41, 5.74) is 3.91. The van der Waals surface area contributed by atoms with Gasteiger partial charge in [0.1, 0.15) is 18.0 Å². The van der Waals surface area contributed by atoms with Crippen molar-refractivity contribution in [1.29, 1.82) is 0 Å². The molecule has 3 saturated carbocycles. The fraction of sp³-hybridized carbons (Fsp3) is 0.833. The monoisotopic (exact) mass is 452 g/mol. The first-order valence-electron chi connectivity index (χ1n) is 13.6. The average Bonchev–Trinajstić information content (AvgIpc) is 3.06. The van der Waals surface area contributed by atoms with E-state index in [2.05, 4.69) is 60.8 Å². The molecule has 0 aromatic heterocycles. The second-order valence-electron chi connectivity index (χ2n) is 14.2. The minimum absolute atomic E-state index is 0.0197. The molecule has 0 radical (unpaired) electrons. The molecule has 0 N–H and O–H groups in total. The van der Waals surface area contributed by atoms with Crippen LogP contribution in [-0.4, -0.2) is 23.6 Å². The van der Waals surface area contributed by atoms with Crippen LogP contribution in [0.15, 0.2) is 23.5 Å². The Labute approximate surface area is 200 Å². The van der Waals surface area contributed by atoms with Crippen LogP contribution in [0.25, 0.3) is 0 Å². The van der Waals surface area contributed by atoms with E-state index in [1.54, 1.807) is 11.1 Å². The fourth-order valence-electron chi connectivity index (χ4n) is 9.82. The molecule has 1 saturated heterocycles. The number of fused-ring (bicyclic) bond motifs is 5. The molecule has 0 aromatic rings. The van der Waals surface area contributed by atoms with Gasteiger partial charge in [-0.1, -0.05) is 46.3 Å². The molecule has 0 bridgehead atoms. The Morgan fingerprint density at radius 2 is 1.64 bits per heavy atom. The van der Waals surface area contributed by atoms with Crippen molar-refractivity contribution >= 4 is 5.78 Å². The number of Topliss-reactive ketones (excluding diaryl/α,β-unsaturated/α-hetero) is 1. The van der Waals surface area contributed by atoms with Crippen molar-refractivity contribution in [3.05, 3.63) is 23.5 Å². The molecule has 4 fully saturated rings. The average molecular weight is 453 g/mol. The molecule has 0 unspecified atom stereocenters. The van der Waals surface area contributed by atoms with E-state index in [0.29, 0.717) is 29.0 Å². The molecule has 0 spiro atoms. The SMILES string of the molecule is CC1(C)O[C@H]1[C@H]1CC([C@@H]2CC[C@]3(C)C4=CC[C@H]5C(C)(C)C(=O)CC[C@]5(C)[C@H]4CC[C@@]23C)=CO1. The summed E-state index contributed by atoms with van der Waals surface area (Å²) in [5.74, 6) is 2.23. The van der Waals surface area contributed by atoms with Crippen LogP contribution in [0.3, 0.4) is 0 Å². The molecule has 6 rings (SSSR count). The highest BCUT2D eigenvalue weighted by molar-refractivity contribution is 5.85. The Bertz CT molecular complexity index is 956. The summed E-state index contributed by atoms with van der Waals surface area (Å²) in [6.45, 7) is 16.5. The maximum Gasteiger partial charge on any atom is 0.138 e. The largest absolute Gasteiger partial charge is 0.495 e. The number of allylic oxidation sites excluding steroid dienone is 2. The van der Waals surface area contributed by atoms with E-state index < -0.39 is 0 Å². The molecular formula is C30H44O3. The molecule has 3 nitrogen and oxygen atoms in total. The minimum Gasteiger partial charge on any atom is -0.495 e. The molecule has 182 valence electrons. The van der Waals surface area contributed by atoms with Gasteiger partial charge in [0.05, 0.1) is 11.9 Å². The van der Waals surface area contributed by atoms with Gasteiger partial charge in [-0.25, -0.2) is 0 Å². The van der Waals surface area contributed by atoms with Gasteiger partial charge in [-0.15, -0.1) is 0 Å². The number of carbonyl (C=O) groups is 1. The molecule has 2 aliphatic heterocycles. The van der Waals surface area contributed by atoms with Gasteiger partial charge in [-0.2, -0.15) is 0 Å². The third kappa shape index (κ3) is 2.75. The number of ketones is 1. The fourth-order valence-corrected chi connectivity index (χ4v) is 9.82. The number of epoxide rings is 1. The highest BCUT2D eigenvalue weighted by Gasteiger charge is 2.66. The maximum atomic E-state index is 12.8. The topological polar surface area (TPSA) is 38.8 Å². The van der Waals surface area contributed by atoms with Crippen molar-refractivity contribution in [1.82, 2.24) is 0 Å². The lowest BCUT2D eigenvalue weighted by Gasteiger charge is -2.63. The Morgan fingerprint density at radius 1 is 0.939 bits per heavy atom. The van der Waals surface area contributed by atoms with E-state index >= 15 is 0 Å². The zero-order valence-corrected chi connectivity index (χ0v) is 21.9. The molecule has 4 aliphatic carbocycles. The normalized spacial score (nSPS) is 51.6. The van der Waals surface area contributed by atoms with Crippen LogP contribution in [0.5, 0.6) is 0 Å². The van der Waals surface area contributed by atoms with Crippen LogP contribution in [0, 0.1) is 39.4 Å². The summed E-state index contributed by atoms with van der Waals surface area (Å²) in [5, 5.41) is 0. The number of hydrogen-bond acceptors (Lipinski definition) is 3. The van der Waals surface area contributed by atoms with Gasteiger partial charge >= 0.3 is 0 Å². The quantitative estimate of drug-likeness (QED) is 0.334. The van der Waals surface area contributed by atoms with E-state index in [-0.39, 0.29) is 34.1 Å². The molecular weight excluding hydrogens is 408 g/mol. The summed E-state index contributed by atoms with van der Waals surface area (Å²) in [6, 6.07) is 0. The molecule has 6 aliphatic rings. The lowest BCUT2D eigenvalue weighted by molar-refractivity contribution is -0.145.